The average molecular weight is 185 g/mol. The fourth-order valence-corrected chi connectivity index (χ4v) is 2.05. The van der Waals surface area contributed by atoms with Crippen LogP contribution in [-0.4, -0.2) is 36.6 Å². The minimum atomic E-state index is -0.105. The van der Waals surface area contributed by atoms with E-state index in [2.05, 4.69) is 23.5 Å². The summed E-state index contributed by atoms with van der Waals surface area (Å²) in [5.74, 6) is -0.105. The van der Waals surface area contributed by atoms with Crippen molar-refractivity contribution in [2.24, 2.45) is 0 Å². The standard InChI is InChI=1S/C10H19NO2/c1-8-5-4-6-11(8)9(2)7-10(12)13-3/h8-9H,4-7H2,1-3H3. The van der Waals surface area contributed by atoms with Gasteiger partial charge in [0, 0.05) is 12.1 Å². The van der Waals surface area contributed by atoms with Gasteiger partial charge in [0.25, 0.3) is 0 Å². The Hall–Kier alpha value is -0.570. The molecule has 3 heteroatoms. The number of carbonyl (C=O) groups is 1. The SMILES string of the molecule is COC(=O)CC(C)N1CCCC1C. The van der Waals surface area contributed by atoms with Gasteiger partial charge in [-0.15, -0.1) is 0 Å². The van der Waals surface area contributed by atoms with Crippen LogP contribution in [0, 0.1) is 0 Å². The topological polar surface area (TPSA) is 29.5 Å². The second-order valence-corrected chi connectivity index (χ2v) is 3.86. The third kappa shape index (κ3) is 2.69. The Morgan fingerprint density at radius 2 is 2.38 bits per heavy atom. The van der Waals surface area contributed by atoms with Gasteiger partial charge >= 0.3 is 5.97 Å². The molecule has 0 aliphatic carbocycles. The molecule has 0 radical (unpaired) electrons. The molecule has 0 aromatic carbocycles. The minimum Gasteiger partial charge on any atom is -0.469 e. The molecule has 2 unspecified atom stereocenters. The predicted octanol–water partition coefficient (Wildman–Crippen LogP) is 1.42. The number of esters is 1. The van der Waals surface area contributed by atoms with Gasteiger partial charge < -0.3 is 4.74 Å². The molecule has 3 nitrogen and oxygen atoms in total. The Labute approximate surface area is 80.1 Å². The molecule has 0 amide bonds. The summed E-state index contributed by atoms with van der Waals surface area (Å²) < 4.78 is 4.65. The van der Waals surface area contributed by atoms with E-state index < -0.39 is 0 Å². The van der Waals surface area contributed by atoms with E-state index >= 15 is 0 Å². The van der Waals surface area contributed by atoms with E-state index in [0.29, 0.717) is 18.5 Å². The van der Waals surface area contributed by atoms with Crippen LogP contribution in [0.4, 0.5) is 0 Å². The molecule has 2 atom stereocenters. The Balaban J connectivity index is 2.38. The van der Waals surface area contributed by atoms with E-state index in [9.17, 15) is 4.79 Å². The lowest BCUT2D eigenvalue weighted by Gasteiger charge is -2.27. The van der Waals surface area contributed by atoms with Crippen LogP contribution >= 0.6 is 0 Å². The molecule has 1 aliphatic heterocycles. The van der Waals surface area contributed by atoms with Crippen LogP contribution in [0.5, 0.6) is 0 Å². The number of likely N-dealkylation sites (tertiary alicyclic amines) is 1. The van der Waals surface area contributed by atoms with E-state index in [-0.39, 0.29) is 5.97 Å². The molecule has 0 spiro atoms. The van der Waals surface area contributed by atoms with Crippen molar-refractivity contribution in [1.29, 1.82) is 0 Å². The van der Waals surface area contributed by atoms with Crippen molar-refractivity contribution in [3.05, 3.63) is 0 Å². The van der Waals surface area contributed by atoms with E-state index in [4.69, 9.17) is 0 Å². The van der Waals surface area contributed by atoms with Crippen LogP contribution in [0.1, 0.15) is 33.1 Å². The van der Waals surface area contributed by atoms with Gasteiger partial charge in [-0.05, 0) is 33.2 Å². The van der Waals surface area contributed by atoms with Gasteiger partial charge in [0.2, 0.25) is 0 Å². The van der Waals surface area contributed by atoms with Crippen molar-refractivity contribution < 1.29 is 9.53 Å². The molecule has 0 N–H and O–H groups in total. The molecule has 13 heavy (non-hydrogen) atoms. The van der Waals surface area contributed by atoms with E-state index in [0.717, 1.165) is 6.54 Å². The number of hydrogen-bond acceptors (Lipinski definition) is 3. The van der Waals surface area contributed by atoms with Gasteiger partial charge in [0.15, 0.2) is 0 Å². The van der Waals surface area contributed by atoms with Crippen molar-refractivity contribution in [3.63, 3.8) is 0 Å². The lowest BCUT2D eigenvalue weighted by atomic mass is 10.2. The second kappa shape index (κ2) is 4.61. The van der Waals surface area contributed by atoms with Crippen LogP contribution in [0.15, 0.2) is 0 Å². The average Bonchev–Trinajstić information content (AvgIpc) is 2.51. The second-order valence-electron chi connectivity index (χ2n) is 3.86. The summed E-state index contributed by atoms with van der Waals surface area (Å²) in [6.45, 7) is 5.44. The summed E-state index contributed by atoms with van der Waals surface area (Å²) in [5.41, 5.74) is 0. The van der Waals surface area contributed by atoms with Crippen LogP contribution in [0.2, 0.25) is 0 Å². The monoisotopic (exact) mass is 185 g/mol. The van der Waals surface area contributed by atoms with Crippen LogP contribution in [-0.2, 0) is 9.53 Å². The number of rotatable bonds is 3. The maximum Gasteiger partial charge on any atom is 0.307 e. The minimum absolute atomic E-state index is 0.105. The first-order valence-corrected chi connectivity index (χ1v) is 4.97. The van der Waals surface area contributed by atoms with Crippen molar-refractivity contribution in [1.82, 2.24) is 4.90 Å². The third-order valence-corrected chi connectivity index (χ3v) is 2.86. The zero-order chi connectivity index (χ0) is 9.84. The summed E-state index contributed by atoms with van der Waals surface area (Å²) in [4.78, 5) is 13.4. The number of nitrogens with zero attached hydrogens (tertiary/aromatic N) is 1. The van der Waals surface area contributed by atoms with E-state index in [1.807, 2.05) is 0 Å². The molecule has 1 fully saturated rings. The lowest BCUT2D eigenvalue weighted by molar-refractivity contribution is -0.141. The summed E-state index contributed by atoms with van der Waals surface area (Å²) in [6.07, 6.45) is 3.03. The largest absolute Gasteiger partial charge is 0.469 e. The summed E-state index contributed by atoms with van der Waals surface area (Å²) in [7, 11) is 1.45. The molecule has 0 aromatic heterocycles. The van der Waals surface area contributed by atoms with Crippen molar-refractivity contribution >= 4 is 5.97 Å². The first-order valence-electron chi connectivity index (χ1n) is 4.97. The van der Waals surface area contributed by atoms with Gasteiger partial charge in [-0.3, -0.25) is 9.69 Å². The number of hydrogen-bond donors (Lipinski definition) is 0. The molecule has 1 aliphatic rings. The van der Waals surface area contributed by atoms with Crippen LogP contribution in [0.3, 0.4) is 0 Å². The maximum atomic E-state index is 11.0. The quantitative estimate of drug-likeness (QED) is 0.623. The van der Waals surface area contributed by atoms with Crippen LogP contribution < -0.4 is 0 Å². The van der Waals surface area contributed by atoms with Crippen molar-refractivity contribution in [3.8, 4) is 0 Å². The first-order chi connectivity index (χ1) is 6.15. The highest BCUT2D eigenvalue weighted by Crippen LogP contribution is 2.20. The number of methoxy groups -OCH3 is 1. The van der Waals surface area contributed by atoms with E-state index in [1.54, 1.807) is 0 Å². The van der Waals surface area contributed by atoms with E-state index in [1.165, 1.54) is 20.0 Å². The molecule has 0 saturated carbocycles. The smallest absolute Gasteiger partial charge is 0.307 e. The third-order valence-electron chi connectivity index (χ3n) is 2.86. The molecule has 1 saturated heterocycles. The van der Waals surface area contributed by atoms with Gasteiger partial charge in [-0.1, -0.05) is 0 Å². The first kappa shape index (κ1) is 10.5. The van der Waals surface area contributed by atoms with Crippen molar-refractivity contribution in [2.45, 2.75) is 45.2 Å². The molecule has 76 valence electrons. The fourth-order valence-electron chi connectivity index (χ4n) is 2.05. The number of ether oxygens (including phenoxy) is 1. The summed E-state index contributed by atoms with van der Waals surface area (Å²) >= 11 is 0. The van der Waals surface area contributed by atoms with Gasteiger partial charge in [0.1, 0.15) is 0 Å². The molecular weight excluding hydrogens is 166 g/mol. The molecular formula is C10H19NO2. The normalized spacial score (nSPS) is 25.9. The summed E-state index contributed by atoms with van der Waals surface area (Å²) in [6, 6.07) is 0.949. The Kier molecular flexibility index (Phi) is 3.72. The van der Waals surface area contributed by atoms with Crippen molar-refractivity contribution in [2.75, 3.05) is 13.7 Å². The highest BCUT2D eigenvalue weighted by atomic mass is 16.5. The Morgan fingerprint density at radius 1 is 1.69 bits per heavy atom. The highest BCUT2D eigenvalue weighted by Gasteiger charge is 2.26. The van der Waals surface area contributed by atoms with Gasteiger partial charge in [-0.25, -0.2) is 0 Å². The predicted molar refractivity (Wildman–Crippen MR) is 51.5 cm³/mol. The number of carbonyl (C=O) groups excluding carboxylic acids is 1. The van der Waals surface area contributed by atoms with Crippen LogP contribution in [0.25, 0.3) is 0 Å². The zero-order valence-electron chi connectivity index (χ0n) is 8.75. The lowest BCUT2D eigenvalue weighted by Crippen LogP contribution is -2.37. The molecule has 0 bridgehead atoms. The zero-order valence-corrected chi connectivity index (χ0v) is 8.75. The highest BCUT2D eigenvalue weighted by molar-refractivity contribution is 5.69. The maximum absolute atomic E-state index is 11.0. The molecule has 1 heterocycles. The molecule has 0 aromatic rings. The summed E-state index contributed by atoms with van der Waals surface area (Å²) in [5, 5.41) is 0. The van der Waals surface area contributed by atoms with Gasteiger partial charge in [-0.2, -0.15) is 0 Å². The fraction of sp³-hybridized carbons (Fsp3) is 0.900. The van der Waals surface area contributed by atoms with Gasteiger partial charge in [0.05, 0.1) is 13.5 Å². The molecule has 1 rings (SSSR count). The Bertz CT molecular complexity index is 182. The Morgan fingerprint density at radius 3 is 2.85 bits per heavy atom.